The topological polar surface area (TPSA) is 51.2 Å². The minimum atomic E-state index is -0.247. The number of aryl methyl sites for hydroxylation is 3. The molecule has 0 fully saturated rings. The number of carbonyl (C=O) groups excluding carboxylic acids is 1. The molecular weight excluding hydrogens is 448 g/mol. The fourth-order valence-corrected chi connectivity index (χ4v) is 4.50. The zero-order valence-corrected chi connectivity index (χ0v) is 18.3. The molecule has 0 saturated carbocycles. The first-order valence-corrected chi connectivity index (χ1v) is 10.2. The molecule has 0 saturated heterocycles. The molecule has 1 N–H and O–H groups in total. The Morgan fingerprint density at radius 1 is 1.22 bits per heavy atom. The molecule has 0 radical (unpaired) electrons. The van der Waals surface area contributed by atoms with Crippen LogP contribution in [-0.4, -0.2) is 17.5 Å². The molecule has 1 amide bonds. The SMILES string of the molecule is Cc1cc(Br)cc(C)c1OCC(=O)Nc1nc(-c2cccc(Cl)c2)c(C)s1. The number of rotatable bonds is 5. The average Bonchev–Trinajstić information content (AvgIpc) is 2.94. The standard InChI is InChI=1S/C20H18BrClN2O2S/c1-11-7-15(21)8-12(2)19(11)26-10-17(25)23-20-24-18(13(3)27-20)14-5-4-6-16(22)9-14/h4-9H,10H2,1-3H3,(H,23,24,25). The lowest BCUT2D eigenvalue weighted by Gasteiger charge is -2.12. The summed E-state index contributed by atoms with van der Waals surface area (Å²) in [4.78, 5) is 17.8. The Bertz CT molecular complexity index is 980. The number of hydrogen-bond acceptors (Lipinski definition) is 4. The van der Waals surface area contributed by atoms with Crippen LogP contribution < -0.4 is 10.1 Å². The lowest BCUT2D eigenvalue weighted by Crippen LogP contribution is -2.20. The number of halogens is 2. The van der Waals surface area contributed by atoms with E-state index in [-0.39, 0.29) is 12.5 Å². The number of anilines is 1. The highest BCUT2D eigenvalue weighted by molar-refractivity contribution is 9.10. The molecule has 140 valence electrons. The van der Waals surface area contributed by atoms with E-state index in [0.29, 0.717) is 10.2 Å². The molecule has 1 aromatic heterocycles. The van der Waals surface area contributed by atoms with Crippen LogP contribution in [0.25, 0.3) is 11.3 Å². The van der Waals surface area contributed by atoms with E-state index in [1.165, 1.54) is 11.3 Å². The normalized spacial score (nSPS) is 10.7. The fourth-order valence-electron chi connectivity index (χ4n) is 2.77. The van der Waals surface area contributed by atoms with Crippen LogP contribution in [0, 0.1) is 20.8 Å². The molecule has 0 aliphatic heterocycles. The summed E-state index contributed by atoms with van der Waals surface area (Å²) in [7, 11) is 0. The van der Waals surface area contributed by atoms with E-state index in [1.54, 1.807) is 0 Å². The van der Waals surface area contributed by atoms with Gasteiger partial charge < -0.3 is 4.74 Å². The summed E-state index contributed by atoms with van der Waals surface area (Å²) in [6, 6.07) is 11.4. The summed E-state index contributed by atoms with van der Waals surface area (Å²) in [6.45, 7) is 5.79. The summed E-state index contributed by atoms with van der Waals surface area (Å²) < 4.78 is 6.71. The summed E-state index contributed by atoms with van der Waals surface area (Å²) in [6.07, 6.45) is 0. The maximum atomic E-state index is 12.3. The van der Waals surface area contributed by atoms with Gasteiger partial charge in [-0.1, -0.05) is 39.7 Å². The highest BCUT2D eigenvalue weighted by Crippen LogP contribution is 2.32. The van der Waals surface area contributed by atoms with Gasteiger partial charge in [-0.15, -0.1) is 11.3 Å². The second kappa shape index (κ2) is 8.42. The molecule has 27 heavy (non-hydrogen) atoms. The van der Waals surface area contributed by atoms with Crippen LogP contribution in [0.4, 0.5) is 5.13 Å². The molecule has 7 heteroatoms. The van der Waals surface area contributed by atoms with Gasteiger partial charge in [0.15, 0.2) is 11.7 Å². The number of nitrogens with one attached hydrogen (secondary N) is 1. The molecule has 0 bridgehead atoms. The van der Waals surface area contributed by atoms with Crippen molar-refractivity contribution in [3.8, 4) is 17.0 Å². The van der Waals surface area contributed by atoms with E-state index in [4.69, 9.17) is 16.3 Å². The van der Waals surface area contributed by atoms with Gasteiger partial charge in [-0.3, -0.25) is 10.1 Å². The highest BCUT2D eigenvalue weighted by atomic mass is 79.9. The first kappa shape index (κ1) is 19.9. The molecule has 2 aromatic carbocycles. The first-order chi connectivity index (χ1) is 12.8. The van der Waals surface area contributed by atoms with Gasteiger partial charge in [-0.25, -0.2) is 4.98 Å². The molecule has 3 rings (SSSR count). The van der Waals surface area contributed by atoms with E-state index < -0.39 is 0 Å². The van der Waals surface area contributed by atoms with E-state index >= 15 is 0 Å². The van der Waals surface area contributed by atoms with Gasteiger partial charge in [0.2, 0.25) is 0 Å². The number of hydrogen-bond donors (Lipinski definition) is 1. The van der Waals surface area contributed by atoms with Crippen molar-refractivity contribution in [3.63, 3.8) is 0 Å². The number of carbonyl (C=O) groups is 1. The predicted octanol–water partition coefficient (Wildman–Crippen LogP) is 6.17. The average molecular weight is 466 g/mol. The van der Waals surface area contributed by atoms with Crippen molar-refractivity contribution in [2.75, 3.05) is 11.9 Å². The third-order valence-electron chi connectivity index (χ3n) is 3.91. The van der Waals surface area contributed by atoms with E-state index in [1.807, 2.05) is 57.2 Å². The zero-order valence-electron chi connectivity index (χ0n) is 15.1. The van der Waals surface area contributed by atoms with Gasteiger partial charge in [0.1, 0.15) is 5.75 Å². The Hall–Kier alpha value is -1.89. The van der Waals surface area contributed by atoms with Crippen molar-refractivity contribution < 1.29 is 9.53 Å². The van der Waals surface area contributed by atoms with E-state index in [0.717, 1.165) is 37.5 Å². The van der Waals surface area contributed by atoms with Crippen LogP contribution in [0.3, 0.4) is 0 Å². The Morgan fingerprint density at radius 3 is 2.59 bits per heavy atom. The van der Waals surface area contributed by atoms with Crippen molar-refractivity contribution >= 4 is 49.9 Å². The van der Waals surface area contributed by atoms with Crippen LogP contribution in [0.15, 0.2) is 40.9 Å². The lowest BCUT2D eigenvalue weighted by molar-refractivity contribution is -0.118. The van der Waals surface area contributed by atoms with Crippen molar-refractivity contribution in [1.82, 2.24) is 4.98 Å². The summed E-state index contributed by atoms with van der Waals surface area (Å²) in [5, 5.41) is 4.00. The van der Waals surface area contributed by atoms with Gasteiger partial charge in [-0.2, -0.15) is 0 Å². The third kappa shape index (κ3) is 4.89. The molecule has 1 heterocycles. The van der Waals surface area contributed by atoms with Crippen molar-refractivity contribution in [2.24, 2.45) is 0 Å². The van der Waals surface area contributed by atoms with E-state index in [9.17, 15) is 4.79 Å². The minimum absolute atomic E-state index is 0.0750. The van der Waals surface area contributed by atoms with Crippen LogP contribution >= 0.6 is 38.9 Å². The lowest BCUT2D eigenvalue weighted by atomic mass is 10.1. The Morgan fingerprint density at radius 2 is 1.93 bits per heavy atom. The van der Waals surface area contributed by atoms with Gasteiger partial charge in [0.05, 0.1) is 5.69 Å². The summed E-state index contributed by atoms with van der Waals surface area (Å²) in [5.74, 6) is 0.478. The highest BCUT2D eigenvalue weighted by Gasteiger charge is 2.14. The van der Waals surface area contributed by atoms with E-state index in [2.05, 4.69) is 26.2 Å². The molecule has 0 aliphatic rings. The second-order valence-electron chi connectivity index (χ2n) is 6.14. The van der Waals surface area contributed by atoms with Crippen LogP contribution in [0.2, 0.25) is 5.02 Å². The Labute approximate surface area is 175 Å². The maximum Gasteiger partial charge on any atom is 0.264 e. The zero-order chi connectivity index (χ0) is 19.6. The van der Waals surface area contributed by atoms with Crippen LogP contribution in [0.1, 0.15) is 16.0 Å². The third-order valence-corrected chi connectivity index (χ3v) is 5.49. The maximum absolute atomic E-state index is 12.3. The first-order valence-electron chi connectivity index (χ1n) is 8.26. The van der Waals surface area contributed by atoms with Crippen molar-refractivity contribution in [1.29, 1.82) is 0 Å². The number of nitrogens with zero attached hydrogens (tertiary/aromatic N) is 1. The molecule has 0 atom stereocenters. The van der Waals surface area contributed by atoms with Crippen LogP contribution in [-0.2, 0) is 4.79 Å². The number of ether oxygens (including phenoxy) is 1. The van der Waals surface area contributed by atoms with Gasteiger partial charge in [-0.05, 0) is 56.2 Å². The predicted molar refractivity (Wildman–Crippen MR) is 115 cm³/mol. The summed E-state index contributed by atoms with van der Waals surface area (Å²) in [5.41, 5.74) is 3.69. The molecule has 3 aromatic rings. The second-order valence-corrected chi connectivity index (χ2v) is 8.70. The molecule has 4 nitrogen and oxygen atoms in total. The van der Waals surface area contributed by atoms with Gasteiger partial charge in [0.25, 0.3) is 5.91 Å². The number of thiazole rings is 1. The monoisotopic (exact) mass is 464 g/mol. The van der Waals surface area contributed by atoms with Crippen molar-refractivity contribution in [2.45, 2.75) is 20.8 Å². The van der Waals surface area contributed by atoms with Crippen molar-refractivity contribution in [3.05, 3.63) is 61.9 Å². The van der Waals surface area contributed by atoms with Crippen LogP contribution in [0.5, 0.6) is 5.75 Å². The molecule has 0 spiro atoms. The largest absolute Gasteiger partial charge is 0.483 e. The number of aromatic nitrogens is 1. The molecule has 0 unspecified atom stereocenters. The number of benzene rings is 2. The summed E-state index contributed by atoms with van der Waals surface area (Å²) >= 11 is 10.9. The molecular formula is C20H18BrClN2O2S. The smallest absolute Gasteiger partial charge is 0.264 e. The number of amides is 1. The Balaban J connectivity index is 1.68. The Kier molecular flexibility index (Phi) is 6.19. The fraction of sp³-hybridized carbons (Fsp3) is 0.200. The minimum Gasteiger partial charge on any atom is -0.483 e. The van der Waals surface area contributed by atoms with Gasteiger partial charge in [0, 0.05) is 19.9 Å². The quantitative estimate of drug-likeness (QED) is 0.490. The molecule has 0 aliphatic carbocycles. The van der Waals surface area contributed by atoms with Gasteiger partial charge >= 0.3 is 0 Å².